The second-order valence-electron chi connectivity index (χ2n) is 3.64. The van der Waals surface area contributed by atoms with Crippen LogP contribution in [0.25, 0.3) is 0 Å². The topological polar surface area (TPSA) is 66.9 Å². The molecule has 0 radical (unpaired) electrons. The first-order valence-corrected chi connectivity index (χ1v) is 6.58. The molecule has 2 N–H and O–H groups in total. The largest absolute Gasteiger partial charge is 0.384 e. The summed E-state index contributed by atoms with van der Waals surface area (Å²) in [5, 5.41) is 8.35. The average Bonchev–Trinajstić information content (AvgIpc) is 2.89. The fraction of sp³-hybridized carbons (Fsp3) is 0.250. The zero-order valence-electron chi connectivity index (χ0n) is 10.0. The summed E-state index contributed by atoms with van der Waals surface area (Å²) in [5.74, 6) is -0.198. The number of anilines is 2. The Kier molecular flexibility index (Phi) is 4.25. The minimum atomic E-state index is -0.198. The molecule has 0 aromatic carbocycles. The second-order valence-corrected chi connectivity index (χ2v) is 4.53. The van der Waals surface area contributed by atoms with Crippen LogP contribution in [0.5, 0.6) is 0 Å². The van der Waals surface area contributed by atoms with Crippen LogP contribution >= 0.6 is 11.3 Å². The van der Waals surface area contributed by atoms with Crippen molar-refractivity contribution in [3.05, 3.63) is 35.6 Å². The molecule has 0 spiro atoms. The van der Waals surface area contributed by atoms with Crippen molar-refractivity contribution in [2.24, 2.45) is 0 Å². The van der Waals surface area contributed by atoms with Gasteiger partial charge in [0.05, 0.1) is 11.3 Å². The molecule has 0 atom stereocenters. The van der Waals surface area contributed by atoms with E-state index >= 15 is 0 Å². The standard InChI is InChI=1S/C12H14N4OS/c1-2-4-14-10-3-5-13-8-9(10)11(17)16-12-15-6-7-18-12/h3,5-8H,2,4H2,1H3,(H,13,14)(H,15,16,17). The zero-order chi connectivity index (χ0) is 12.8. The van der Waals surface area contributed by atoms with Crippen molar-refractivity contribution in [3.8, 4) is 0 Å². The fourth-order valence-electron chi connectivity index (χ4n) is 1.44. The van der Waals surface area contributed by atoms with Crippen molar-refractivity contribution in [1.82, 2.24) is 9.97 Å². The number of nitrogens with zero attached hydrogens (tertiary/aromatic N) is 2. The van der Waals surface area contributed by atoms with Crippen LogP contribution in [0, 0.1) is 0 Å². The molecule has 0 unspecified atom stereocenters. The maximum Gasteiger partial charge on any atom is 0.261 e. The van der Waals surface area contributed by atoms with Gasteiger partial charge in [-0.1, -0.05) is 6.92 Å². The summed E-state index contributed by atoms with van der Waals surface area (Å²) in [6.07, 6.45) is 5.87. The van der Waals surface area contributed by atoms with Crippen LogP contribution in [0.3, 0.4) is 0 Å². The predicted octanol–water partition coefficient (Wildman–Crippen LogP) is 2.61. The van der Waals surface area contributed by atoms with Gasteiger partial charge in [0.25, 0.3) is 5.91 Å². The van der Waals surface area contributed by atoms with Crippen LogP contribution in [0.4, 0.5) is 10.8 Å². The van der Waals surface area contributed by atoms with Crippen molar-refractivity contribution in [2.75, 3.05) is 17.2 Å². The van der Waals surface area contributed by atoms with E-state index < -0.39 is 0 Å². The number of carbonyl (C=O) groups is 1. The van der Waals surface area contributed by atoms with E-state index in [1.807, 2.05) is 5.38 Å². The molecule has 94 valence electrons. The normalized spacial score (nSPS) is 10.1. The minimum Gasteiger partial charge on any atom is -0.384 e. The van der Waals surface area contributed by atoms with Gasteiger partial charge >= 0.3 is 0 Å². The van der Waals surface area contributed by atoms with Crippen molar-refractivity contribution in [3.63, 3.8) is 0 Å². The molecule has 18 heavy (non-hydrogen) atoms. The van der Waals surface area contributed by atoms with Gasteiger partial charge in [-0.25, -0.2) is 4.98 Å². The highest BCUT2D eigenvalue weighted by Gasteiger charge is 2.12. The Balaban J connectivity index is 2.13. The second kappa shape index (κ2) is 6.11. The lowest BCUT2D eigenvalue weighted by molar-refractivity contribution is 0.102. The molecule has 5 nitrogen and oxygen atoms in total. The fourth-order valence-corrected chi connectivity index (χ4v) is 1.96. The van der Waals surface area contributed by atoms with Crippen LogP contribution in [-0.2, 0) is 0 Å². The predicted molar refractivity (Wildman–Crippen MR) is 73.1 cm³/mol. The molecular formula is C12H14N4OS. The van der Waals surface area contributed by atoms with Crippen molar-refractivity contribution in [1.29, 1.82) is 0 Å². The van der Waals surface area contributed by atoms with Crippen LogP contribution < -0.4 is 10.6 Å². The Labute approximate surface area is 109 Å². The number of amides is 1. The summed E-state index contributed by atoms with van der Waals surface area (Å²) in [6, 6.07) is 1.80. The quantitative estimate of drug-likeness (QED) is 0.869. The van der Waals surface area contributed by atoms with E-state index in [2.05, 4.69) is 27.5 Å². The Morgan fingerprint density at radius 3 is 3.06 bits per heavy atom. The summed E-state index contributed by atoms with van der Waals surface area (Å²) in [6.45, 7) is 2.89. The lowest BCUT2D eigenvalue weighted by Crippen LogP contribution is -2.15. The summed E-state index contributed by atoms with van der Waals surface area (Å²) >= 11 is 1.39. The van der Waals surface area contributed by atoms with Crippen molar-refractivity contribution in [2.45, 2.75) is 13.3 Å². The SMILES string of the molecule is CCCNc1ccncc1C(=O)Nc1nccs1. The van der Waals surface area contributed by atoms with Gasteiger partial charge in [0, 0.05) is 30.5 Å². The highest BCUT2D eigenvalue weighted by atomic mass is 32.1. The average molecular weight is 262 g/mol. The van der Waals surface area contributed by atoms with E-state index in [9.17, 15) is 4.79 Å². The van der Waals surface area contributed by atoms with Gasteiger partial charge in [-0.2, -0.15) is 0 Å². The van der Waals surface area contributed by atoms with Crippen molar-refractivity contribution < 1.29 is 4.79 Å². The third kappa shape index (κ3) is 3.04. The van der Waals surface area contributed by atoms with E-state index in [4.69, 9.17) is 0 Å². The number of pyridine rings is 1. The van der Waals surface area contributed by atoms with Crippen LogP contribution in [0.2, 0.25) is 0 Å². The summed E-state index contributed by atoms with van der Waals surface area (Å²) < 4.78 is 0. The molecule has 2 aromatic heterocycles. The first-order chi connectivity index (χ1) is 8.81. The molecule has 0 aliphatic heterocycles. The van der Waals surface area contributed by atoms with Gasteiger partial charge in [0.1, 0.15) is 0 Å². The van der Waals surface area contributed by atoms with Crippen molar-refractivity contribution >= 4 is 28.1 Å². The number of carbonyl (C=O) groups excluding carboxylic acids is 1. The third-order valence-corrected chi connectivity index (χ3v) is 2.97. The first-order valence-electron chi connectivity index (χ1n) is 5.70. The highest BCUT2D eigenvalue weighted by Crippen LogP contribution is 2.17. The van der Waals surface area contributed by atoms with Gasteiger partial charge in [0.2, 0.25) is 0 Å². The lowest BCUT2D eigenvalue weighted by Gasteiger charge is -2.09. The smallest absolute Gasteiger partial charge is 0.261 e. The van der Waals surface area contributed by atoms with Gasteiger partial charge in [-0.15, -0.1) is 11.3 Å². The molecule has 6 heteroatoms. The number of nitrogens with one attached hydrogen (secondary N) is 2. The number of rotatable bonds is 5. The van der Waals surface area contributed by atoms with Crippen LogP contribution in [0.1, 0.15) is 23.7 Å². The molecule has 0 aliphatic rings. The first kappa shape index (κ1) is 12.5. The molecule has 1 amide bonds. The summed E-state index contributed by atoms with van der Waals surface area (Å²) in [4.78, 5) is 20.1. The minimum absolute atomic E-state index is 0.198. The van der Waals surface area contributed by atoms with Gasteiger partial charge < -0.3 is 5.32 Å². The van der Waals surface area contributed by atoms with E-state index in [0.717, 1.165) is 18.7 Å². The molecule has 2 heterocycles. The Hall–Kier alpha value is -1.95. The third-order valence-electron chi connectivity index (χ3n) is 2.28. The van der Waals surface area contributed by atoms with E-state index in [1.165, 1.54) is 11.3 Å². The van der Waals surface area contributed by atoms with E-state index in [-0.39, 0.29) is 5.91 Å². The van der Waals surface area contributed by atoms with Gasteiger partial charge in [-0.05, 0) is 12.5 Å². The number of hydrogen-bond donors (Lipinski definition) is 2. The maximum absolute atomic E-state index is 12.1. The lowest BCUT2D eigenvalue weighted by atomic mass is 10.2. The monoisotopic (exact) mass is 262 g/mol. The van der Waals surface area contributed by atoms with Crippen LogP contribution in [-0.4, -0.2) is 22.4 Å². The number of thiazole rings is 1. The maximum atomic E-state index is 12.1. The molecular weight excluding hydrogens is 248 g/mol. The number of hydrogen-bond acceptors (Lipinski definition) is 5. The van der Waals surface area contributed by atoms with E-state index in [0.29, 0.717) is 10.7 Å². The Morgan fingerprint density at radius 1 is 1.44 bits per heavy atom. The molecule has 0 saturated carbocycles. The number of aromatic nitrogens is 2. The summed E-state index contributed by atoms with van der Waals surface area (Å²) in [7, 11) is 0. The van der Waals surface area contributed by atoms with E-state index in [1.54, 1.807) is 24.7 Å². The van der Waals surface area contributed by atoms with Gasteiger partial charge in [0.15, 0.2) is 5.13 Å². The van der Waals surface area contributed by atoms with Crippen LogP contribution in [0.15, 0.2) is 30.0 Å². The summed E-state index contributed by atoms with van der Waals surface area (Å²) in [5.41, 5.74) is 1.32. The molecule has 0 fully saturated rings. The highest BCUT2D eigenvalue weighted by molar-refractivity contribution is 7.13. The molecule has 0 bridgehead atoms. The molecule has 0 aliphatic carbocycles. The Morgan fingerprint density at radius 2 is 2.33 bits per heavy atom. The molecule has 2 rings (SSSR count). The zero-order valence-corrected chi connectivity index (χ0v) is 10.8. The molecule has 0 saturated heterocycles. The Bertz CT molecular complexity index is 513. The van der Waals surface area contributed by atoms with Gasteiger partial charge in [-0.3, -0.25) is 15.1 Å². The molecule has 2 aromatic rings.